The molecular formula is C14H26O13. The molecule has 13 nitrogen and oxygen atoms in total. The molecule has 0 aromatic heterocycles. The number of hydrogen-bond acceptors (Lipinski definition) is 13. The number of ketones is 1. The Morgan fingerprint density at radius 2 is 1.33 bits per heavy atom. The van der Waals surface area contributed by atoms with Crippen LogP contribution in [-0.4, -0.2) is 131 Å². The van der Waals surface area contributed by atoms with Gasteiger partial charge in [0.15, 0.2) is 24.0 Å². The number of rotatable bonds is 3. The van der Waals surface area contributed by atoms with E-state index in [1.165, 1.54) is 0 Å². The first-order valence-corrected chi connectivity index (χ1v) is 7.95. The molecule has 2 aliphatic heterocycles. The Labute approximate surface area is 153 Å². The van der Waals surface area contributed by atoms with Gasteiger partial charge in [-0.1, -0.05) is 0 Å². The molecule has 0 aromatic carbocycles. The summed E-state index contributed by atoms with van der Waals surface area (Å²) in [4.78, 5) is 11.2. The minimum absolute atomic E-state index is 0.526. The number of aliphatic hydroxyl groups excluding tert-OH is 9. The van der Waals surface area contributed by atoms with E-state index in [0.717, 1.165) is 6.92 Å². The number of carbonyl (C=O) groups excluding carboxylic acids is 1. The van der Waals surface area contributed by atoms with Crippen LogP contribution in [0.4, 0.5) is 0 Å². The first kappa shape index (κ1) is 24.2. The van der Waals surface area contributed by atoms with E-state index in [2.05, 4.69) is 9.47 Å². The van der Waals surface area contributed by atoms with Crippen LogP contribution in [0, 0.1) is 0 Å². The highest BCUT2D eigenvalue weighted by Crippen LogP contribution is 2.29. The van der Waals surface area contributed by atoms with Crippen LogP contribution < -0.4 is 0 Å². The summed E-state index contributed by atoms with van der Waals surface area (Å²) >= 11 is 0. The molecule has 2 heterocycles. The normalized spacial score (nSPS) is 47.7. The lowest BCUT2D eigenvalue weighted by molar-refractivity contribution is -0.310. The monoisotopic (exact) mass is 402 g/mol. The van der Waals surface area contributed by atoms with Gasteiger partial charge in [-0.25, -0.2) is 0 Å². The van der Waals surface area contributed by atoms with Crippen LogP contribution in [0.3, 0.4) is 0 Å². The van der Waals surface area contributed by atoms with Gasteiger partial charge >= 0.3 is 0 Å². The number of carbonyl (C=O) groups is 1. The summed E-state index contributed by atoms with van der Waals surface area (Å²) in [5.41, 5.74) is -2.41. The molecular weight excluding hydrogens is 376 g/mol. The summed E-state index contributed by atoms with van der Waals surface area (Å²) in [5, 5.41) is 91.1. The molecule has 0 saturated carbocycles. The van der Waals surface area contributed by atoms with E-state index in [4.69, 9.17) is 35.7 Å². The molecule has 2 unspecified atom stereocenters. The van der Waals surface area contributed by atoms with E-state index in [-0.39, 0.29) is 0 Å². The molecule has 160 valence electrons. The molecule has 0 spiro atoms. The minimum Gasteiger partial charge on any atom is -0.394 e. The Balaban J connectivity index is 0.000000277. The van der Waals surface area contributed by atoms with Crippen molar-refractivity contribution in [1.82, 2.24) is 0 Å². The lowest BCUT2D eigenvalue weighted by atomic mass is 9.81. The third kappa shape index (κ3) is 4.79. The fraction of sp³-hybridized carbons (Fsp3) is 0.929. The predicted molar refractivity (Wildman–Crippen MR) is 81.6 cm³/mol. The van der Waals surface area contributed by atoms with Crippen LogP contribution in [0.1, 0.15) is 6.92 Å². The van der Waals surface area contributed by atoms with Gasteiger partial charge in [0.2, 0.25) is 0 Å². The van der Waals surface area contributed by atoms with Crippen LogP contribution in [-0.2, 0) is 14.3 Å². The molecule has 10 atom stereocenters. The van der Waals surface area contributed by atoms with Gasteiger partial charge in [-0.15, -0.1) is 0 Å². The van der Waals surface area contributed by atoms with E-state index in [0.29, 0.717) is 0 Å². The van der Waals surface area contributed by atoms with Crippen LogP contribution >= 0.6 is 0 Å². The maximum Gasteiger partial charge on any atom is 0.184 e. The standard InChI is InChI=1S/C8H14O7.C6H12O6/c1-3(10)8(14)4(2-9)15-7(13)5(11)6(8)12;7-1-2-3(8)4(9)5(10)6(11)12-2/h4-7,9,11-14H,2H2,1H3;2-11H,1H2/t4-,5-,6-,7?,8-;2-,3-,4+,5-,6?/m10/s1. The number of ether oxygens (including phenoxy) is 2. The van der Waals surface area contributed by atoms with Gasteiger partial charge in [0.05, 0.1) is 13.2 Å². The molecule has 0 aromatic rings. The number of aliphatic hydroxyl groups is 10. The Bertz CT molecular complexity index is 481. The molecule has 13 heteroatoms. The fourth-order valence-electron chi connectivity index (χ4n) is 2.66. The molecule has 10 N–H and O–H groups in total. The van der Waals surface area contributed by atoms with Gasteiger partial charge in [0, 0.05) is 0 Å². The zero-order valence-corrected chi connectivity index (χ0v) is 14.3. The second kappa shape index (κ2) is 9.60. The van der Waals surface area contributed by atoms with Crippen molar-refractivity contribution in [3.05, 3.63) is 0 Å². The van der Waals surface area contributed by atoms with Crippen molar-refractivity contribution in [2.75, 3.05) is 13.2 Å². The molecule has 27 heavy (non-hydrogen) atoms. The summed E-state index contributed by atoms with van der Waals surface area (Å²) in [6, 6.07) is 0. The SMILES string of the molecule is CC(=O)[C@]1(O)[C@H](O)[C@@H](O)C(O)O[C@@H]1CO.OC[C@@H]1OC(O)[C@@H](O)[C@H](O)[C@H]1O. The van der Waals surface area contributed by atoms with E-state index in [1.54, 1.807) is 0 Å². The smallest absolute Gasteiger partial charge is 0.184 e. The zero-order chi connectivity index (χ0) is 21.1. The van der Waals surface area contributed by atoms with E-state index in [1.807, 2.05) is 0 Å². The molecule has 0 aliphatic carbocycles. The Kier molecular flexibility index (Phi) is 8.61. The van der Waals surface area contributed by atoms with Crippen LogP contribution in [0.15, 0.2) is 0 Å². The van der Waals surface area contributed by atoms with Gasteiger partial charge in [-0.2, -0.15) is 0 Å². The highest BCUT2D eigenvalue weighted by Gasteiger charge is 2.57. The van der Waals surface area contributed by atoms with E-state index in [9.17, 15) is 20.1 Å². The Morgan fingerprint density at radius 1 is 0.815 bits per heavy atom. The molecule has 0 radical (unpaired) electrons. The van der Waals surface area contributed by atoms with Crippen molar-refractivity contribution in [2.24, 2.45) is 0 Å². The van der Waals surface area contributed by atoms with Crippen molar-refractivity contribution >= 4 is 5.78 Å². The van der Waals surface area contributed by atoms with Gasteiger partial charge in [-0.3, -0.25) is 4.79 Å². The van der Waals surface area contributed by atoms with Crippen molar-refractivity contribution in [3.63, 3.8) is 0 Å². The van der Waals surface area contributed by atoms with E-state index >= 15 is 0 Å². The lowest BCUT2D eigenvalue weighted by Gasteiger charge is -2.44. The molecule has 2 fully saturated rings. The third-order valence-corrected chi connectivity index (χ3v) is 4.46. The highest BCUT2D eigenvalue weighted by atomic mass is 16.6. The van der Waals surface area contributed by atoms with Gasteiger partial charge in [0.1, 0.15) is 42.7 Å². The summed E-state index contributed by atoms with van der Waals surface area (Å²) in [6.07, 6.45) is -14.0. The minimum atomic E-state index is -2.41. The molecule has 0 bridgehead atoms. The number of Topliss-reactive ketones (excluding diaryl/α,β-unsaturated/α-hetero) is 1. The quantitative estimate of drug-likeness (QED) is 0.211. The topological polar surface area (TPSA) is 238 Å². The average molecular weight is 402 g/mol. The first-order valence-electron chi connectivity index (χ1n) is 7.95. The maximum atomic E-state index is 11.2. The van der Waals surface area contributed by atoms with Gasteiger partial charge < -0.3 is 60.5 Å². The zero-order valence-electron chi connectivity index (χ0n) is 14.3. The predicted octanol–water partition coefficient (Wildman–Crippen LogP) is -6.48. The maximum absolute atomic E-state index is 11.2. The van der Waals surface area contributed by atoms with Crippen molar-refractivity contribution in [1.29, 1.82) is 0 Å². The van der Waals surface area contributed by atoms with Crippen LogP contribution in [0.25, 0.3) is 0 Å². The third-order valence-electron chi connectivity index (χ3n) is 4.46. The lowest BCUT2D eigenvalue weighted by Crippen LogP contribution is -2.69. The average Bonchev–Trinajstić information content (AvgIpc) is 2.64. The summed E-state index contributed by atoms with van der Waals surface area (Å²) in [7, 11) is 0. The number of hydrogen-bond donors (Lipinski definition) is 10. The Hall–Kier alpha value is -0.810. The van der Waals surface area contributed by atoms with Crippen LogP contribution in [0.2, 0.25) is 0 Å². The molecule has 0 amide bonds. The van der Waals surface area contributed by atoms with Crippen LogP contribution in [0.5, 0.6) is 0 Å². The second-order valence-electron chi connectivity index (χ2n) is 6.23. The van der Waals surface area contributed by atoms with Crippen molar-refractivity contribution < 1.29 is 65.3 Å². The largest absolute Gasteiger partial charge is 0.394 e. The molecule has 2 aliphatic rings. The Morgan fingerprint density at radius 3 is 1.78 bits per heavy atom. The molecule has 2 rings (SSSR count). The fourth-order valence-corrected chi connectivity index (χ4v) is 2.66. The van der Waals surface area contributed by atoms with Crippen molar-refractivity contribution in [2.45, 2.75) is 67.8 Å². The van der Waals surface area contributed by atoms with Crippen molar-refractivity contribution in [3.8, 4) is 0 Å². The summed E-state index contributed by atoms with van der Waals surface area (Å²) in [6.45, 7) is -0.307. The van der Waals surface area contributed by atoms with Gasteiger partial charge in [-0.05, 0) is 6.92 Å². The summed E-state index contributed by atoms with van der Waals surface area (Å²) < 4.78 is 9.20. The van der Waals surface area contributed by atoms with Gasteiger partial charge in [0.25, 0.3) is 0 Å². The second-order valence-corrected chi connectivity index (χ2v) is 6.23. The van der Waals surface area contributed by atoms with E-state index < -0.39 is 79.9 Å². The molecule has 2 saturated heterocycles. The first-order chi connectivity index (χ1) is 12.4. The highest BCUT2D eigenvalue weighted by molar-refractivity contribution is 5.86. The summed E-state index contributed by atoms with van der Waals surface area (Å²) in [5.74, 6) is -0.861.